The van der Waals surface area contributed by atoms with Gasteiger partial charge in [0.15, 0.2) is 0 Å². The Balaban J connectivity index is 1.58. The standard InChI is InChI=1S/C17H17FN4O/c18-14-4-1-5-15-13(14)9-16(20-15)17(23)21-7-2-3-12(10-21)22-8-6-19-11-22/h1,4-6,8-9,11-12,20H,2-3,7,10H2/t12-/m1/s1. The predicted molar refractivity (Wildman–Crippen MR) is 84.7 cm³/mol. The minimum atomic E-state index is -0.312. The summed E-state index contributed by atoms with van der Waals surface area (Å²) in [5, 5.41) is 0.457. The van der Waals surface area contributed by atoms with E-state index in [0.29, 0.717) is 23.1 Å². The van der Waals surface area contributed by atoms with Gasteiger partial charge >= 0.3 is 0 Å². The van der Waals surface area contributed by atoms with Crippen LogP contribution in [0.5, 0.6) is 0 Å². The lowest BCUT2D eigenvalue weighted by molar-refractivity contribution is 0.0674. The van der Waals surface area contributed by atoms with Crippen molar-refractivity contribution in [3.8, 4) is 0 Å². The van der Waals surface area contributed by atoms with Gasteiger partial charge in [0.05, 0.1) is 12.4 Å². The summed E-state index contributed by atoms with van der Waals surface area (Å²) in [6.45, 7) is 1.37. The van der Waals surface area contributed by atoms with Gasteiger partial charge in [-0.2, -0.15) is 0 Å². The van der Waals surface area contributed by atoms with Crippen molar-refractivity contribution in [1.82, 2.24) is 19.4 Å². The Morgan fingerprint density at radius 1 is 1.39 bits per heavy atom. The van der Waals surface area contributed by atoms with E-state index in [1.54, 1.807) is 30.7 Å². The molecule has 23 heavy (non-hydrogen) atoms. The van der Waals surface area contributed by atoms with E-state index in [1.165, 1.54) is 6.07 Å². The third kappa shape index (κ3) is 2.50. The van der Waals surface area contributed by atoms with Crippen LogP contribution in [0.2, 0.25) is 0 Å². The molecule has 1 amide bonds. The highest BCUT2D eigenvalue weighted by atomic mass is 19.1. The molecule has 1 aliphatic heterocycles. The lowest BCUT2D eigenvalue weighted by Gasteiger charge is -2.33. The average molecular weight is 312 g/mol. The molecule has 0 unspecified atom stereocenters. The molecule has 2 aromatic heterocycles. The second-order valence-electron chi connectivity index (χ2n) is 5.94. The fraction of sp³-hybridized carbons (Fsp3) is 0.294. The van der Waals surface area contributed by atoms with Crippen LogP contribution < -0.4 is 0 Å². The van der Waals surface area contributed by atoms with Gasteiger partial charge in [-0.25, -0.2) is 9.37 Å². The fourth-order valence-corrected chi connectivity index (χ4v) is 3.27. The minimum Gasteiger partial charge on any atom is -0.350 e. The summed E-state index contributed by atoms with van der Waals surface area (Å²) in [4.78, 5) is 21.7. The van der Waals surface area contributed by atoms with E-state index in [0.717, 1.165) is 19.4 Å². The molecule has 1 N–H and O–H groups in total. The van der Waals surface area contributed by atoms with Gasteiger partial charge in [0.2, 0.25) is 0 Å². The zero-order valence-corrected chi connectivity index (χ0v) is 12.6. The SMILES string of the molecule is O=C(c1cc2c(F)cccc2[nH]1)N1CCC[C@@H](n2ccnc2)C1. The van der Waals surface area contributed by atoms with Crippen molar-refractivity contribution in [1.29, 1.82) is 0 Å². The summed E-state index contributed by atoms with van der Waals surface area (Å²) in [7, 11) is 0. The van der Waals surface area contributed by atoms with Crippen LogP contribution in [0, 0.1) is 5.82 Å². The number of amides is 1. The molecule has 1 saturated heterocycles. The van der Waals surface area contributed by atoms with Crippen LogP contribution in [0.4, 0.5) is 4.39 Å². The second-order valence-corrected chi connectivity index (χ2v) is 5.94. The Bertz CT molecular complexity index is 840. The van der Waals surface area contributed by atoms with Crippen molar-refractivity contribution < 1.29 is 9.18 Å². The molecule has 0 spiro atoms. The number of imidazole rings is 1. The first kappa shape index (κ1) is 14.0. The highest BCUT2D eigenvalue weighted by Gasteiger charge is 2.26. The number of fused-ring (bicyclic) bond motifs is 1. The molecule has 1 aliphatic rings. The largest absolute Gasteiger partial charge is 0.350 e. The number of hydrogen-bond acceptors (Lipinski definition) is 2. The number of halogens is 1. The molecule has 118 valence electrons. The van der Waals surface area contributed by atoms with Crippen LogP contribution in [-0.2, 0) is 0 Å². The van der Waals surface area contributed by atoms with Crippen molar-refractivity contribution in [2.24, 2.45) is 0 Å². The first-order chi connectivity index (χ1) is 11.2. The molecular formula is C17H17FN4O. The second kappa shape index (κ2) is 5.53. The third-order valence-corrected chi connectivity index (χ3v) is 4.47. The molecule has 0 bridgehead atoms. The Hall–Kier alpha value is -2.63. The van der Waals surface area contributed by atoms with Gasteiger partial charge in [-0.1, -0.05) is 6.07 Å². The maximum absolute atomic E-state index is 13.8. The highest BCUT2D eigenvalue weighted by molar-refractivity contribution is 5.98. The molecule has 1 atom stereocenters. The number of carbonyl (C=O) groups is 1. The summed E-state index contributed by atoms with van der Waals surface area (Å²) in [5.41, 5.74) is 1.09. The summed E-state index contributed by atoms with van der Waals surface area (Å²) in [6, 6.07) is 6.67. The number of H-pyrrole nitrogens is 1. The maximum atomic E-state index is 13.8. The van der Waals surface area contributed by atoms with Crippen LogP contribution in [-0.4, -0.2) is 38.4 Å². The van der Waals surface area contributed by atoms with Crippen molar-refractivity contribution in [2.75, 3.05) is 13.1 Å². The Labute approximate surface area is 132 Å². The first-order valence-corrected chi connectivity index (χ1v) is 7.76. The molecule has 1 aromatic carbocycles. The van der Waals surface area contributed by atoms with Crippen LogP contribution in [0.1, 0.15) is 29.4 Å². The highest BCUT2D eigenvalue weighted by Crippen LogP contribution is 2.24. The van der Waals surface area contributed by atoms with E-state index < -0.39 is 0 Å². The van der Waals surface area contributed by atoms with Gasteiger partial charge in [0.25, 0.3) is 5.91 Å². The van der Waals surface area contributed by atoms with Gasteiger partial charge < -0.3 is 14.5 Å². The van der Waals surface area contributed by atoms with Crippen LogP contribution in [0.15, 0.2) is 43.0 Å². The number of nitrogens with zero attached hydrogens (tertiary/aromatic N) is 3. The number of aromatic amines is 1. The first-order valence-electron chi connectivity index (χ1n) is 7.76. The van der Waals surface area contributed by atoms with Gasteiger partial charge in [-0.3, -0.25) is 4.79 Å². The number of hydrogen-bond donors (Lipinski definition) is 1. The Kier molecular flexibility index (Phi) is 3.37. The van der Waals surface area contributed by atoms with Gasteiger partial charge in [-0.15, -0.1) is 0 Å². The average Bonchev–Trinajstić information content (AvgIpc) is 3.24. The molecule has 6 heteroatoms. The van der Waals surface area contributed by atoms with Gasteiger partial charge in [0.1, 0.15) is 11.5 Å². The van der Waals surface area contributed by atoms with Crippen molar-refractivity contribution in [3.05, 3.63) is 54.5 Å². The fourth-order valence-electron chi connectivity index (χ4n) is 3.27. The predicted octanol–water partition coefficient (Wildman–Crippen LogP) is 2.98. The zero-order valence-electron chi connectivity index (χ0n) is 12.6. The number of likely N-dealkylation sites (tertiary alicyclic amines) is 1. The monoisotopic (exact) mass is 312 g/mol. The van der Waals surface area contributed by atoms with E-state index >= 15 is 0 Å². The summed E-state index contributed by atoms with van der Waals surface area (Å²) < 4.78 is 15.8. The summed E-state index contributed by atoms with van der Waals surface area (Å²) in [6.07, 6.45) is 7.44. The lowest BCUT2D eigenvalue weighted by atomic mass is 10.1. The van der Waals surface area contributed by atoms with E-state index in [4.69, 9.17) is 0 Å². The van der Waals surface area contributed by atoms with E-state index in [2.05, 4.69) is 9.97 Å². The number of piperidine rings is 1. The molecule has 3 heterocycles. The number of nitrogens with one attached hydrogen (secondary N) is 1. The molecule has 3 aromatic rings. The molecule has 1 fully saturated rings. The maximum Gasteiger partial charge on any atom is 0.270 e. The Morgan fingerprint density at radius 3 is 3.09 bits per heavy atom. The summed E-state index contributed by atoms with van der Waals surface area (Å²) >= 11 is 0. The number of rotatable bonds is 2. The van der Waals surface area contributed by atoms with Crippen LogP contribution in [0.25, 0.3) is 10.9 Å². The topological polar surface area (TPSA) is 53.9 Å². The third-order valence-electron chi connectivity index (χ3n) is 4.47. The number of aromatic nitrogens is 3. The van der Waals surface area contributed by atoms with E-state index in [9.17, 15) is 9.18 Å². The minimum absolute atomic E-state index is 0.0783. The molecule has 0 aliphatic carbocycles. The molecule has 0 radical (unpaired) electrons. The molecular weight excluding hydrogens is 295 g/mol. The van der Waals surface area contributed by atoms with E-state index in [-0.39, 0.29) is 17.8 Å². The van der Waals surface area contributed by atoms with Crippen molar-refractivity contribution in [3.63, 3.8) is 0 Å². The van der Waals surface area contributed by atoms with Crippen LogP contribution in [0.3, 0.4) is 0 Å². The van der Waals surface area contributed by atoms with Gasteiger partial charge in [-0.05, 0) is 31.0 Å². The zero-order chi connectivity index (χ0) is 15.8. The molecule has 5 nitrogen and oxygen atoms in total. The van der Waals surface area contributed by atoms with E-state index in [1.807, 2.05) is 15.7 Å². The molecule has 4 rings (SSSR count). The van der Waals surface area contributed by atoms with Crippen molar-refractivity contribution in [2.45, 2.75) is 18.9 Å². The molecule has 0 saturated carbocycles. The quantitative estimate of drug-likeness (QED) is 0.791. The number of benzene rings is 1. The van der Waals surface area contributed by atoms with Crippen LogP contribution >= 0.6 is 0 Å². The smallest absolute Gasteiger partial charge is 0.270 e. The normalized spacial score (nSPS) is 18.5. The van der Waals surface area contributed by atoms with Crippen molar-refractivity contribution >= 4 is 16.8 Å². The Morgan fingerprint density at radius 2 is 2.30 bits per heavy atom. The number of carbonyl (C=O) groups excluding carboxylic acids is 1. The van der Waals surface area contributed by atoms with Gasteiger partial charge in [0, 0.05) is 36.4 Å². The lowest BCUT2D eigenvalue weighted by Crippen LogP contribution is -2.40. The summed E-state index contributed by atoms with van der Waals surface area (Å²) in [5.74, 6) is -0.391.